The van der Waals surface area contributed by atoms with Gasteiger partial charge < -0.3 is 9.80 Å². The van der Waals surface area contributed by atoms with Crippen LogP contribution < -0.4 is 0 Å². The summed E-state index contributed by atoms with van der Waals surface area (Å²) in [6.07, 6.45) is 12.7. The van der Waals surface area contributed by atoms with Crippen molar-refractivity contribution >= 4 is 11.8 Å². The molecule has 4 rings (SSSR count). The summed E-state index contributed by atoms with van der Waals surface area (Å²) in [5, 5.41) is 4.71. The molecule has 6 heteroatoms. The minimum absolute atomic E-state index is 0.248. The molecule has 2 fully saturated rings. The van der Waals surface area contributed by atoms with Gasteiger partial charge in [-0.25, -0.2) is 0 Å². The molecule has 1 aliphatic carbocycles. The van der Waals surface area contributed by atoms with Crippen LogP contribution in [0.15, 0.2) is 0 Å². The molecule has 160 valence electrons. The van der Waals surface area contributed by atoms with Gasteiger partial charge in [-0.1, -0.05) is 32.1 Å². The first kappa shape index (κ1) is 20.4. The number of carbonyl (C=O) groups excluding carboxylic acids is 2. The number of fused-ring (bicyclic) bond motifs is 1. The number of nitrogens with zero attached hydrogens (tertiary/aromatic N) is 4. The minimum atomic E-state index is 0.248. The molecule has 0 spiro atoms. The fourth-order valence-electron chi connectivity index (χ4n) is 5.39. The molecule has 3 heterocycles. The molecule has 3 aliphatic rings. The van der Waals surface area contributed by atoms with Crippen LogP contribution >= 0.6 is 0 Å². The molecule has 29 heavy (non-hydrogen) atoms. The molecule has 1 saturated carbocycles. The SMILES string of the molecule is Cn1nc(CCC(=O)N2CCCC2)c2c1CCN(C(=O)CCC1CCCCC1)C2. The topological polar surface area (TPSA) is 58.4 Å². The molecule has 0 aromatic carbocycles. The molecule has 0 unspecified atom stereocenters. The number of carbonyl (C=O) groups is 2. The van der Waals surface area contributed by atoms with Gasteiger partial charge >= 0.3 is 0 Å². The van der Waals surface area contributed by atoms with Gasteiger partial charge in [-0.15, -0.1) is 0 Å². The first-order valence-corrected chi connectivity index (χ1v) is 11.7. The van der Waals surface area contributed by atoms with Gasteiger partial charge in [-0.05, 0) is 25.2 Å². The third-order valence-electron chi connectivity index (χ3n) is 7.20. The third-order valence-corrected chi connectivity index (χ3v) is 7.20. The maximum atomic E-state index is 12.8. The van der Waals surface area contributed by atoms with Gasteiger partial charge in [0.2, 0.25) is 11.8 Å². The van der Waals surface area contributed by atoms with Crippen LogP contribution in [0.2, 0.25) is 0 Å². The molecule has 2 aliphatic heterocycles. The number of hydrogen-bond donors (Lipinski definition) is 0. The molecule has 6 nitrogen and oxygen atoms in total. The van der Waals surface area contributed by atoms with Gasteiger partial charge in [-0.3, -0.25) is 14.3 Å². The summed E-state index contributed by atoms with van der Waals surface area (Å²) in [5.74, 6) is 1.29. The van der Waals surface area contributed by atoms with E-state index in [1.807, 2.05) is 21.5 Å². The normalized spacial score (nSPS) is 20.2. The summed E-state index contributed by atoms with van der Waals surface area (Å²) in [4.78, 5) is 29.3. The highest BCUT2D eigenvalue weighted by Gasteiger charge is 2.28. The van der Waals surface area contributed by atoms with Crippen LogP contribution in [0.4, 0.5) is 0 Å². The van der Waals surface area contributed by atoms with E-state index in [4.69, 9.17) is 5.10 Å². The molecular formula is C23H36N4O2. The van der Waals surface area contributed by atoms with Gasteiger partial charge in [0.1, 0.15) is 0 Å². The molecule has 0 radical (unpaired) electrons. The zero-order chi connectivity index (χ0) is 20.2. The summed E-state index contributed by atoms with van der Waals surface area (Å²) < 4.78 is 1.97. The average molecular weight is 401 g/mol. The number of amides is 2. The lowest BCUT2D eigenvalue weighted by molar-refractivity contribution is -0.132. The highest BCUT2D eigenvalue weighted by Crippen LogP contribution is 2.29. The Hall–Kier alpha value is -1.85. The van der Waals surface area contributed by atoms with E-state index in [2.05, 4.69) is 0 Å². The lowest BCUT2D eigenvalue weighted by Crippen LogP contribution is -2.36. The average Bonchev–Trinajstić information content (AvgIpc) is 3.39. The minimum Gasteiger partial charge on any atom is -0.343 e. The van der Waals surface area contributed by atoms with Crippen molar-refractivity contribution in [2.24, 2.45) is 13.0 Å². The van der Waals surface area contributed by atoms with Gasteiger partial charge in [0.25, 0.3) is 0 Å². The largest absolute Gasteiger partial charge is 0.343 e. The van der Waals surface area contributed by atoms with Crippen molar-refractivity contribution in [3.8, 4) is 0 Å². The molecular weight excluding hydrogens is 364 g/mol. The monoisotopic (exact) mass is 400 g/mol. The van der Waals surface area contributed by atoms with E-state index < -0.39 is 0 Å². The van der Waals surface area contributed by atoms with Crippen molar-refractivity contribution in [1.82, 2.24) is 19.6 Å². The van der Waals surface area contributed by atoms with Gasteiger partial charge in [-0.2, -0.15) is 5.10 Å². The fraction of sp³-hybridized carbons (Fsp3) is 0.783. The van der Waals surface area contributed by atoms with Crippen LogP contribution in [-0.2, 0) is 36.0 Å². The Bertz CT molecular complexity index is 729. The number of aromatic nitrogens is 2. The molecule has 1 aromatic heterocycles. The quantitative estimate of drug-likeness (QED) is 0.737. The maximum absolute atomic E-state index is 12.8. The van der Waals surface area contributed by atoms with E-state index in [0.717, 1.165) is 56.9 Å². The standard InChI is InChI=1S/C23H36N4O2/c1-25-21-13-16-27(23(29)11-9-18-7-3-2-4-8-18)17-19(21)20(24-25)10-12-22(28)26-14-5-6-15-26/h18H,2-17H2,1H3. The highest BCUT2D eigenvalue weighted by atomic mass is 16.2. The van der Waals surface area contributed by atoms with E-state index in [1.54, 1.807) is 0 Å². The number of rotatable bonds is 6. The Balaban J connectivity index is 1.33. The second-order valence-electron chi connectivity index (χ2n) is 9.19. The second-order valence-corrected chi connectivity index (χ2v) is 9.19. The first-order chi connectivity index (χ1) is 14.1. The summed E-state index contributed by atoms with van der Waals surface area (Å²) in [6.45, 7) is 3.27. The first-order valence-electron chi connectivity index (χ1n) is 11.7. The lowest BCUT2D eigenvalue weighted by Gasteiger charge is -2.29. The Kier molecular flexibility index (Phi) is 6.56. The molecule has 0 bridgehead atoms. The zero-order valence-corrected chi connectivity index (χ0v) is 18.0. The van der Waals surface area contributed by atoms with Crippen LogP contribution in [0.5, 0.6) is 0 Å². The maximum Gasteiger partial charge on any atom is 0.222 e. The summed E-state index contributed by atoms with van der Waals surface area (Å²) >= 11 is 0. The smallest absolute Gasteiger partial charge is 0.222 e. The number of aryl methyl sites for hydroxylation is 2. The fourth-order valence-corrected chi connectivity index (χ4v) is 5.39. The van der Waals surface area contributed by atoms with E-state index in [-0.39, 0.29) is 5.91 Å². The van der Waals surface area contributed by atoms with Crippen molar-refractivity contribution in [2.75, 3.05) is 19.6 Å². The van der Waals surface area contributed by atoms with Crippen molar-refractivity contribution < 1.29 is 9.59 Å². The Morgan fingerprint density at radius 2 is 1.66 bits per heavy atom. The van der Waals surface area contributed by atoms with Gasteiger partial charge in [0.05, 0.1) is 5.69 Å². The summed E-state index contributed by atoms with van der Waals surface area (Å²) in [7, 11) is 1.99. The summed E-state index contributed by atoms with van der Waals surface area (Å²) in [5.41, 5.74) is 3.45. The zero-order valence-electron chi connectivity index (χ0n) is 18.0. The molecule has 2 amide bonds. The van der Waals surface area contributed by atoms with Crippen molar-refractivity contribution in [3.05, 3.63) is 17.0 Å². The predicted molar refractivity (Wildman–Crippen MR) is 112 cm³/mol. The van der Waals surface area contributed by atoms with Crippen LogP contribution in [0.3, 0.4) is 0 Å². The Labute approximate surface area is 174 Å². The number of likely N-dealkylation sites (tertiary alicyclic amines) is 1. The predicted octanol–water partition coefficient (Wildman–Crippen LogP) is 3.22. The summed E-state index contributed by atoms with van der Waals surface area (Å²) in [6, 6.07) is 0. The lowest BCUT2D eigenvalue weighted by atomic mass is 9.86. The van der Waals surface area contributed by atoms with Crippen molar-refractivity contribution in [1.29, 1.82) is 0 Å². The Morgan fingerprint density at radius 1 is 0.931 bits per heavy atom. The Morgan fingerprint density at radius 3 is 2.41 bits per heavy atom. The van der Waals surface area contributed by atoms with Crippen LogP contribution in [0.25, 0.3) is 0 Å². The molecule has 1 saturated heterocycles. The van der Waals surface area contributed by atoms with Crippen LogP contribution in [-0.4, -0.2) is 51.0 Å². The van der Waals surface area contributed by atoms with E-state index in [1.165, 1.54) is 43.4 Å². The van der Waals surface area contributed by atoms with E-state index in [0.29, 0.717) is 31.7 Å². The van der Waals surface area contributed by atoms with Crippen LogP contribution in [0.1, 0.15) is 81.2 Å². The van der Waals surface area contributed by atoms with E-state index in [9.17, 15) is 9.59 Å². The van der Waals surface area contributed by atoms with Crippen molar-refractivity contribution in [2.45, 2.75) is 83.6 Å². The van der Waals surface area contributed by atoms with Crippen molar-refractivity contribution in [3.63, 3.8) is 0 Å². The third kappa shape index (κ3) is 4.84. The molecule has 0 N–H and O–H groups in total. The molecule has 1 aromatic rings. The highest BCUT2D eigenvalue weighted by molar-refractivity contribution is 5.77. The van der Waals surface area contributed by atoms with Crippen LogP contribution in [0, 0.1) is 5.92 Å². The molecule has 0 atom stereocenters. The van der Waals surface area contributed by atoms with E-state index >= 15 is 0 Å². The van der Waals surface area contributed by atoms with Gasteiger partial charge in [0, 0.05) is 70.2 Å². The number of hydrogen-bond acceptors (Lipinski definition) is 3. The van der Waals surface area contributed by atoms with Gasteiger partial charge in [0.15, 0.2) is 0 Å². The second kappa shape index (κ2) is 9.31.